The lowest BCUT2D eigenvalue weighted by atomic mass is 10.3. The first-order valence-electron chi connectivity index (χ1n) is 5.28. The summed E-state index contributed by atoms with van der Waals surface area (Å²) in [6.45, 7) is -0.175. The van der Waals surface area contributed by atoms with Gasteiger partial charge in [-0.1, -0.05) is 0 Å². The molecular formula is C10H8ClF2NO5S. The predicted octanol–water partition coefficient (Wildman–Crippen LogP) is 1.38. The van der Waals surface area contributed by atoms with E-state index >= 15 is 0 Å². The summed E-state index contributed by atoms with van der Waals surface area (Å²) in [5.41, 5.74) is 0. The molecule has 0 spiro atoms. The predicted molar refractivity (Wildman–Crippen MR) is 63.2 cm³/mol. The normalized spacial score (nSPS) is 18.6. The number of halogens is 3. The molecule has 110 valence electrons. The van der Waals surface area contributed by atoms with E-state index in [0.29, 0.717) is 12.1 Å². The summed E-state index contributed by atoms with van der Waals surface area (Å²) in [5, 5.41) is 2.34. The molecule has 1 heterocycles. The minimum atomic E-state index is -4.39. The van der Waals surface area contributed by atoms with Gasteiger partial charge in [0, 0.05) is 16.7 Å². The summed E-state index contributed by atoms with van der Waals surface area (Å²) in [4.78, 5) is 9.95. The van der Waals surface area contributed by atoms with Crippen molar-refractivity contribution < 1.29 is 31.5 Å². The lowest BCUT2D eigenvalue weighted by molar-refractivity contribution is 0.102. The van der Waals surface area contributed by atoms with Crippen LogP contribution in [-0.4, -0.2) is 33.8 Å². The quantitative estimate of drug-likeness (QED) is 0.845. The Balaban J connectivity index is 2.24. The number of carbonyl (C=O) groups excluding carboxylic acids is 1. The number of hydrogen-bond donors (Lipinski definition) is 1. The smallest absolute Gasteiger partial charge is 0.407 e. The van der Waals surface area contributed by atoms with Gasteiger partial charge in [-0.15, -0.1) is 0 Å². The fourth-order valence-electron chi connectivity index (χ4n) is 1.56. The molecule has 2 rings (SSSR count). The third kappa shape index (κ3) is 3.28. The van der Waals surface area contributed by atoms with Gasteiger partial charge in [0.15, 0.2) is 17.7 Å². The van der Waals surface area contributed by atoms with Crippen LogP contribution in [0.3, 0.4) is 0 Å². The van der Waals surface area contributed by atoms with E-state index in [2.05, 4.69) is 5.32 Å². The van der Waals surface area contributed by atoms with Crippen LogP contribution in [0, 0.1) is 11.6 Å². The average Bonchev–Trinajstić information content (AvgIpc) is 2.72. The first-order valence-corrected chi connectivity index (χ1v) is 7.59. The van der Waals surface area contributed by atoms with E-state index in [4.69, 9.17) is 20.2 Å². The molecule has 1 aromatic carbocycles. The van der Waals surface area contributed by atoms with Crippen LogP contribution in [0.25, 0.3) is 0 Å². The fourth-order valence-corrected chi connectivity index (χ4v) is 2.53. The largest absolute Gasteiger partial charge is 0.485 e. The summed E-state index contributed by atoms with van der Waals surface area (Å²) in [5.74, 6) is -3.05. The number of ether oxygens (including phenoxy) is 2. The number of alkyl carbamates (subject to hydrolysis) is 1. The molecule has 1 aliphatic rings. The van der Waals surface area contributed by atoms with Gasteiger partial charge in [0.1, 0.15) is 17.3 Å². The van der Waals surface area contributed by atoms with E-state index < -0.39 is 43.5 Å². The van der Waals surface area contributed by atoms with E-state index in [1.807, 2.05) is 0 Å². The first kappa shape index (κ1) is 14.8. The molecule has 1 aromatic rings. The number of cyclic esters (lactones) is 1. The lowest BCUT2D eigenvalue weighted by Crippen LogP contribution is -2.22. The maximum atomic E-state index is 13.6. The van der Waals surface area contributed by atoms with Crippen LogP contribution < -0.4 is 10.1 Å². The Kier molecular flexibility index (Phi) is 4.00. The highest BCUT2D eigenvalue weighted by atomic mass is 35.7. The fraction of sp³-hybridized carbons (Fsp3) is 0.300. The maximum absolute atomic E-state index is 13.6. The van der Waals surface area contributed by atoms with Gasteiger partial charge in [-0.3, -0.25) is 0 Å². The highest BCUT2D eigenvalue weighted by molar-refractivity contribution is 8.13. The molecular weight excluding hydrogens is 320 g/mol. The molecule has 0 bridgehead atoms. The number of benzene rings is 1. The molecule has 0 saturated carbocycles. The number of amides is 1. The van der Waals surface area contributed by atoms with E-state index in [1.54, 1.807) is 0 Å². The molecule has 1 fully saturated rings. The van der Waals surface area contributed by atoms with Crippen molar-refractivity contribution in [3.63, 3.8) is 0 Å². The van der Waals surface area contributed by atoms with E-state index in [1.165, 1.54) is 0 Å². The Morgan fingerprint density at radius 2 is 2.15 bits per heavy atom. The van der Waals surface area contributed by atoms with E-state index in [0.717, 1.165) is 0 Å². The second-order valence-electron chi connectivity index (χ2n) is 3.87. The summed E-state index contributed by atoms with van der Waals surface area (Å²) < 4.78 is 58.8. The first-order chi connectivity index (χ1) is 9.27. The van der Waals surface area contributed by atoms with Crippen LogP contribution in [0.15, 0.2) is 17.0 Å². The highest BCUT2D eigenvalue weighted by Crippen LogP contribution is 2.31. The van der Waals surface area contributed by atoms with Crippen molar-refractivity contribution in [2.75, 3.05) is 13.2 Å². The van der Waals surface area contributed by atoms with Crippen molar-refractivity contribution in [3.8, 4) is 5.75 Å². The lowest BCUT2D eigenvalue weighted by Gasteiger charge is -2.13. The Morgan fingerprint density at radius 1 is 1.45 bits per heavy atom. The number of carbonyl (C=O) groups is 1. The zero-order valence-corrected chi connectivity index (χ0v) is 11.3. The third-order valence-corrected chi connectivity index (χ3v) is 3.73. The van der Waals surface area contributed by atoms with Crippen LogP contribution in [0.5, 0.6) is 5.75 Å². The average molecular weight is 328 g/mol. The second kappa shape index (κ2) is 5.41. The molecule has 1 aliphatic heterocycles. The molecule has 10 heteroatoms. The zero-order valence-electron chi connectivity index (χ0n) is 9.73. The zero-order chi connectivity index (χ0) is 14.9. The van der Waals surface area contributed by atoms with Crippen molar-refractivity contribution in [2.24, 2.45) is 0 Å². The second-order valence-corrected chi connectivity index (χ2v) is 6.41. The molecule has 20 heavy (non-hydrogen) atoms. The summed E-state index contributed by atoms with van der Waals surface area (Å²) in [6, 6.07) is 0.999. The molecule has 1 N–H and O–H groups in total. The van der Waals surface area contributed by atoms with Gasteiger partial charge in [0.2, 0.25) is 0 Å². The van der Waals surface area contributed by atoms with Crippen LogP contribution in [0.4, 0.5) is 13.6 Å². The van der Waals surface area contributed by atoms with Gasteiger partial charge in [-0.2, -0.15) is 0 Å². The van der Waals surface area contributed by atoms with Crippen molar-refractivity contribution in [3.05, 3.63) is 23.8 Å². The molecule has 6 nitrogen and oxygen atoms in total. The van der Waals surface area contributed by atoms with Crippen molar-refractivity contribution in [1.82, 2.24) is 5.32 Å². The molecule has 1 atom stereocenters. The maximum Gasteiger partial charge on any atom is 0.407 e. The minimum absolute atomic E-state index is 0.130. The van der Waals surface area contributed by atoms with Crippen molar-refractivity contribution in [2.45, 2.75) is 11.0 Å². The Labute approximate surface area is 117 Å². The van der Waals surface area contributed by atoms with E-state index in [-0.39, 0.29) is 13.2 Å². The van der Waals surface area contributed by atoms with Crippen LogP contribution in [0.2, 0.25) is 0 Å². The highest BCUT2D eigenvalue weighted by Gasteiger charge is 2.27. The van der Waals surface area contributed by atoms with Crippen molar-refractivity contribution in [1.29, 1.82) is 0 Å². The molecule has 1 saturated heterocycles. The minimum Gasteiger partial charge on any atom is -0.485 e. The Hall–Kier alpha value is -1.61. The van der Waals surface area contributed by atoms with Gasteiger partial charge in [-0.05, 0) is 6.07 Å². The van der Waals surface area contributed by atoms with Gasteiger partial charge in [0.05, 0.1) is 6.54 Å². The van der Waals surface area contributed by atoms with Gasteiger partial charge < -0.3 is 14.8 Å². The number of rotatable bonds is 4. The monoisotopic (exact) mass is 327 g/mol. The topological polar surface area (TPSA) is 81.7 Å². The molecule has 1 unspecified atom stereocenters. The number of nitrogens with one attached hydrogen (secondary N) is 1. The summed E-state index contributed by atoms with van der Waals surface area (Å²) >= 11 is 0. The van der Waals surface area contributed by atoms with Gasteiger partial charge >= 0.3 is 6.09 Å². The SMILES string of the molecule is O=C1NCC(COc2c(F)cc(F)cc2S(=O)(=O)Cl)O1. The van der Waals surface area contributed by atoms with Crippen LogP contribution in [-0.2, 0) is 13.8 Å². The van der Waals surface area contributed by atoms with E-state index in [9.17, 15) is 22.0 Å². The summed E-state index contributed by atoms with van der Waals surface area (Å²) in [6.07, 6.45) is -1.37. The molecule has 0 radical (unpaired) electrons. The Bertz CT molecular complexity index is 651. The van der Waals surface area contributed by atoms with Crippen molar-refractivity contribution >= 4 is 25.8 Å². The van der Waals surface area contributed by atoms with Crippen LogP contribution in [0.1, 0.15) is 0 Å². The molecule has 0 aliphatic carbocycles. The third-order valence-electron chi connectivity index (χ3n) is 2.40. The summed E-state index contributed by atoms with van der Waals surface area (Å²) in [7, 11) is 0.696. The standard InChI is InChI=1S/C10H8ClF2NO5S/c11-20(16,17)8-2-5(12)1-7(13)9(8)18-4-6-3-14-10(15)19-6/h1-2,6H,3-4H2,(H,14,15). The number of hydrogen-bond acceptors (Lipinski definition) is 5. The van der Waals surface area contributed by atoms with Crippen LogP contribution >= 0.6 is 10.7 Å². The molecule has 0 aromatic heterocycles. The van der Waals surface area contributed by atoms with Gasteiger partial charge in [0.25, 0.3) is 9.05 Å². The van der Waals surface area contributed by atoms with Gasteiger partial charge in [-0.25, -0.2) is 22.0 Å². The molecule has 1 amide bonds. The Morgan fingerprint density at radius 3 is 2.70 bits per heavy atom.